The quantitative estimate of drug-likeness (QED) is 0.280. The number of guanidine groups is 1. The van der Waals surface area contributed by atoms with Gasteiger partial charge >= 0.3 is 0 Å². The van der Waals surface area contributed by atoms with E-state index in [1.54, 1.807) is 47.5 Å². The van der Waals surface area contributed by atoms with Crippen LogP contribution in [0, 0.1) is 12.7 Å². The molecule has 1 aliphatic rings. The number of aryl methyl sites for hydroxylation is 1. The number of imidazole rings is 1. The fraction of sp³-hybridized carbons (Fsp3) is 0.364. The average Bonchev–Trinajstić information content (AvgIpc) is 3.44. The smallest absolute Gasteiger partial charge is 0.191 e. The van der Waals surface area contributed by atoms with Crippen molar-refractivity contribution in [2.24, 2.45) is 4.99 Å². The van der Waals surface area contributed by atoms with Crippen LogP contribution in [0.2, 0.25) is 0 Å². The summed E-state index contributed by atoms with van der Waals surface area (Å²) in [6.45, 7) is 4.44. The van der Waals surface area contributed by atoms with E-state index < -0.39 is 0 Å². The Hall–Kier alpha value is -2.14. The fourth-order valence-corrected chi connectivity index (χ4v) is 4.54. The Kier molecular flexibility index (Phi) is 8.30. The zero-order chi connectivity index (χ0) is 20.9. The largest absolute Gasteiger partial charge is 0.363 e. The van der Waals surface area contributed by atoms with Gasteiger partial charge in [0.05, 0.1) is 10.7 Å². The first-order valence-corrected chi connectivity index (χ1v) is 11.1. The van der Waals surface area contributed by atoms with Crippen LogP contribution in [0.25, 0.3) is 5.69 Å². The second-order valence-electron chi connectivity index (χ2n) is 7.41. The number of hydrogen-bond donors (Lipinski definition) is 2. The van der Waals surface area contributed by atoms with E-state index in [0.29, 0.717) is 18.3 Å². The van der Waals surface area contributed by atoms with Crippen molar-refractivity contribution in [3.05, 3.63) is 65.3 Å². The van der Waals surface area contributed by atoms with Crippen molar-refractivity contribution in [2.45, 2.75) is 32.4 Å². The molecule has 3 heterocycles. The molecule has 166 valence electrons. The summed E-state index contributed by atoms with van der Waals surface area (Å²) in [5.41, 5.74) is 1.37. The Labute approximate surface area is 203 Å². The summed E-state index contributed by atoms with van der Waals surface area (Å²) in [7, 11) is 1.77. The lowest BCUT2D eigenvalue weighted by Crippen LogP contribution is -2.48. The Bertz CT molecular complexity index is 995. The molecule has 0 spiro atoms. The first kappa shape index (κ1) is 23.5. The van der Waals surface area contributed by atoms with Crippen molar-refractivity contribution in [3.8, 4) is 5.69 Å². The van der Waals surface area contributed by atoms with E-state index in [1.165, 1.54) is 5.00 Å². The lowest BCUT2D eigenvalue weighted by atomic mass is 10.1. The van der Waals surface area contributed by atoms with Crippen LogP contribution in [0.4, 0.5) is 9.39 Å². The van der Waals surface area contributed by atoms with E-state index in [-0.39, 0.29) is 29.8 Å². The number of aliphatic imine (C=N–C) groups is 1. The van der Waals surface area contributed by atoms with Gasteiger partial charge < -0.3 is 20.1 Å². The summed E-state index contributed by atoms with van der Waals surface area (Å²) in [5.74, 6) is 1.24. The van der Waals surface area contributed by atoms with Crippen molar-refractivity contribution < 1.29 is 4.39 Å². The molecule has 0 amide bonds. The maximum Gasteiger partial charge on any atom is 0.191 e. The van der Waals surface area contributed by atoms with Gasteiger partial charge in [0, 0.05) is 45.1 Å². The molecule has 3 aromatic rings. The number of thiophene rings is 1. The summed E-state index contributed by atoms with van der Waals surface area (Å²) in [6, 6.07) is 9.94. The van der Waals surface area contributed by atoms with Crippen LogP contribution >= 0.6 is 35.3 Å². The molecule has 1 saturated heterocycles. The number of rotatable bonds is 5. The standard InChI is InChI=1S/C22H27FN6S.HI/c1-16-25-9-12-29(16)20-6-5-17(14-19(20)23)15-26-22(24-2)27-18-7-10-28(11-8-18)21-4-3-13-30-21;/h3-6,9,12-14,18H,7-8,10-11,15H2,1-2H3,(H2,24,26,27);1H. The van der Waals surface area contributed by atoms with Crippen LogP contribution in [-0.2, 0) is 6.54 Å². The normalized spacial score (nSPS) is 14.9. The van der Waals surface area contributed by atoms with Gasteiger partial charge in [-0.2, -0.15) is 0 Å². The topological polar surface area (TPSA) is 57.5 Å². The van der Waals surface area contributed by atoms with Crippen LogP contribution in [-0.4, -0.2) is 41.7 Å². The Morgan fingerprint density at radius 1 is 1.29 bits per heavy atom. The number of nitrogens with zero attached hydrogens (tertiary/aromatic N) is 4. The molecule has 0 bridgehead atoms. The van der Waals surface area contributed by atoms with E-state index in [4.69, 9.17) is 0 Å². The van der Waals surface area contributed by atoms with Gasteiger partial charge in [0.25, 0.3) is 0 Å². The summed E-state index contributed by atoms with van der Waals surface area (Å²) < 4.78 is 16.3. The SMILES string of the molecule is CN=C(NCc1ccc(-n2ccnc2C)c(F)c1)NC1CCN(c2cccs2)CC1.I. The summed E-state index contributed by atoms with van der Waals surface area (Å²) in [5, 5.41) is 10.3. The highest BCUT2D eigenvalue weighted by atomic mass is 127. The molecule has 2 N–H and O–H groups in total. The monoisotopic (exact) mass is 554 g/mol. The average molecular weight is 554 g/mol. The molecule has 0 radical (unpaired) electrons. The van der Waals surface area contributed by atoms with Crippen molar-refractivity contribution in [1.82, 2.24) is 20.2 Å². The molecule has 6 nitrogen and oxygen atoms in total. The minimum atomic E-state index is -0.265. The van der Waals surface area contributed by atoms with Gasteiger partial charge in [-0.1, -0.05) is 6.07 Å². The second kappa shape index (κ2) is 10.9. The molecule has 1 aliphatic heterocycles. The first-order valence-electron chi connectivity index (χ1n) is 10.2. The Morgan fingerprint density at radius 2 is 2.10 bits per heavy atom. The molecule has 31 heavy (non-hydrogen) atoms. The van der Waals surface area contributed by atoms with Gasteiger partial charge in [-0.05, 0) is 55.0 Å². The van der Waals surface area contributed by atoms with Crippen LogP contribution in [0.5, 0.6) is 0 Å². The number of anilines is 1. The van der Waals surface area contributed by atoms with E-state index >= 15 is 0 Å². The van der Waals surface area contributed by atoms with Crippen molar-refractivity contribution in [2.75, 3.05) is 25.0 Å². The second-order valence-corrected chi connectivity index (χ2v) is 8.34. The molecule has 0 aliphatic carbocycles. The highest BCUT2D eigenvalue weighted by Crippen LogP contribution is 2.24. The maximum atomic E-state index is 14.6. The summed E-state index contributed by atoms with van der Waals surface area (Å²) >= 11 is 1.79. The molecule has 0 atom stereocenters. The number of aromatic nitrogens is 2. The molecule has 4 rings (SSSR count). The number of halogens is 2. The van der Waals surface area contributed by atoms with Crippen LogP contribution in [0.15, 0.2) is 53.1 Å². The molecular formula is C22H28FIN6S. The van der Waals surface area contributed by atoms with Crippen LogP contribution < -0.4 is 15.5 Å². The number of hydrogen-bond acceptors (Lipinski definition) is 4. The summed E-state index contributed by atoms with van der Waals surface area (Å²) in [4.78, 5) is 10.9. The Morgan fingerprint density at radius 3 is 2.71 bits per heavy atom. The zero-order valence-corrected chi connectivity index (χ0v) is 20.9. The van der Waals surface area contributed by atoms with Crippen molar-refractivity contribution in [3.63, 3.8) is 0 Å². The van der Waals surface area contributed by atoms with Crippen LogP contribution in [0.1, 0.15) is 24.2 Å². The number of benzene rings is 1. The van der Waals surface area contributed by atoms with Crippen molar-refractivity contribution in [1.29, 1.82) is 0 Å². The predicted molar refractivity (Wildman–Crippen MR) is 137 cm³/mol. The third kappa shape index (κ3) is 5.76. The molecule has 0 saturated carbocycles. The van der Waals surface area contributed by atoms with Gasteiger partial charge in [-0.25, -0.2) is 9.37 Å². The first-order chi connectivity index (χ1) is 14.6. The van der Waals surface area contributed by atoms with Gasteiger partial charge in [-0.3, -0.25) is 4.99 Å². The molecule has 0 unspecified atom stereocenters. The lowest BCUT2D eigenvalue weighted by Gasteiger charge is -2.33. The van der Waals surface area contributed by atoms with E-state index in [1.807, 2.05) is 13.0 Å². The molecule has 1 aromatic carbocycles. The van der Waals surface area contributed by atoms with Gasteiger partial charge in [0.1, 0.15) is 11.6 Å². The third-order valence-corrected chi connectivity index (χ3v) is 6.36. The zero-order valence-electron chi connectivity index (χ0n) is 17.7. The van der Waals surface area contributed by atoms with Gasteiger partial charge in [0.15, 0.2) is 5.96 Å². The van der Waals surface area contributed by atoms with E-state index in [0.717, 1.165) is 43.3 Å². The minimum absolute atomic E-state index is 0. The van der Waals surface area contributed by atoms with Gasteiger partial charge in [0.2, 0.25) is 0 Å². The number of nitrogens with one attached hydrogen (secondary N) is 2. The molecule has 9 heteroatoms. The van der Waals surface area contributed by atoms with Crippen molar-refractivity contribution >= 4 is 46.3 Å². The van der Waals surface area contributed by atoms with E-state index in [2.05, 4.69) is 43.0 Å². The minimum Gasteiger partial charge on any atom is -0.363 e. The van der Waals surface area contributed by atoms with Crippen LogP contribution in [0.3, 0.4) is 0 Å². The molecule has 1 fully saturated rings. The third-order valence-electron chi connectivity index (χ3n) is 5.43. The Balaban J connectivity index is 0.00000272. The fourth-order valence-electron chi connectivity index (χ4n) is 3.76. The van der Waals surface area contributed by atoms with Gasteiger partial charge in [-0.15, -0.1) is 35.3 Å². The number of piperidine rings is 1. The molecule has 2 aromatic heterocycles. The highest BCUT2D eigenvalue weighted by Gasteiger charge is 2.20. The highest BCUT2D eigenvalue weighted by molar-refractivity contribution is 14.0. The maximum absolute atomic E-state index is 14.6. The lowest BCUT2D eigenvalue weighted by molar-refractivity contribution is 0.462. The van der Waals surface area contributed by atoms with E-state index in [9.17, 15) is 4.39 Å². The molecular weight excluding hydrogens is 526 g/mol. The summed E-state index contributed by atoms with van der Waals surface area (Å²) in [6.07, 6.45) is 5.56. The predicted octanol–water partition coefficient (Wildman–Crippen LogP) is 4.33.